The number of amides is 2. The second kappa shape index (κ2) is 8.34. The van der Waals surface area contributed by atoms with E-state index in [4.69, 9.17) is 5.11 Å². The monoisotopic (exact) mass is 412 g/mol. The van der Waals surface area contributed by atoms with Crippen molar-refractivity contribution in [3.8, 4) is 0 Å². The first kappa shape index (κ1) is 19.6. The summed E-state index contributed by atoms with van der Waals surface area (Å²) in [7, 11) is 0. The highest BCUT2D eigenvalue weighted by Crippen LogP contribution is 2.40. The third kappa shape index (κ3) is 3.77. The summed E-state index contributed by atoms with van der Waals surface area (Å²) in [6.45, 7) is 4.05. The van der Waals surface area contributed by atoms with Crippen molar-refractivity contribution in [2.75, 3.05) is 26.2 Å². The number of nitrogens with one attached hydrogen (secondary N) is 1. The minimum absolute atomic E-state index is 0.0643. The van der Waals surface area contributed by atoms with E-state index in [1.165, 1.54) is 11.3 Å². The highest BCUT2D eigenvalue weighted by molar-refractivity contribution is 7.21. The largest absolute Gasteiger partial charge is 0.395 e. The molecule has 1 atom stereocenters. The lowest BCUT2D eigenvalue weighted by atomic mass is 9.95. The van der Waals surface area contributed by atoms with Gasteiger partial charge in [0.05, 0.1) is 11.5 Å². The van der Waals surface area contributed by atoms with Crippen LogP contribution in [0.5, 0.6) is 0 Å². The number of benzene rings is 1. The van der Waals surface area contributed by atoms with E-state index in [0.717, 1.165) is 28.6 Å². The molecule has 29 heavy (non-hydrogen) atoms. The Bertz CT molecular complexity index is 1040. The molecule has 1 aromatic carbocycles. The van der Waals surface area contributed by atoms with Crippen LogP contribution in [-0.2, 0) is 6.54 Å². The zero-order valence-corrected chi connectivity index (χ0v) is 17.1. The van der Waals surface area contributed by atoms with E-state index >= 15 is 0 Å². The van der Waals surface area contributed by atoms with Crippen LogP contribution in [0.3, 0.4) is 0 Å². The minimum atomic E-state index is -0.165. The van der Waals surface area contributed by atoms with Crippen molar-refractivity contribution < 1.29 is 14.7 Å². The SMILES string of the molecule is CCn1ccc(C(=O)N2CC[C@@H](c3c(C(=O)NCCO)sc4ccccc34)C2)n1. The molecular weight excluding hydrogens is 388 g/mol. The maximum absolute atomic E-state index is 12.9. The van der Waals surface area contributed by atoms with E-state index in [0.29, 0.717) is 23.7 Å². The lowest BCUT2D eigenvalue weighted by Gasteiger charge is -2.16. The van der Waals surface area contributed by atoms with Gasteiger partial charge in [-0.2, -0.15) is 5.10 Å². The van der Waals surface area contributed by atoms with Crippen LogP contribution in [0.15, 0.2) is 36.5 Å². The quantitative estimate of drug-likeness (QED) is 0.651. The molecule has 8 heteroatoms. The highest BCUT2D eigenvalue weighted by atomic mass is 32.1. The predicted octanol–water partition coefficient (Wildman–Crippen LogP) is 2.47. The van der Waals surface area contributed by atoms with Crippen LogP contribution in [0.2, 0.25) is 0 Å². The fourth-order valence-electron chi connectivity index (χ4n) is 3.88. The highest BCUT2D eigenvalue weighted by Gasteiger charge is 2.33. The van der Waals surface area contributed by atoms with Gasteiger partial charge in [-0.05, 0) is 36.4 Å². The zero-order valence-electron chi connectivity index (χ0n) is 16.3. The average Bonchev–Trinajstić information content (AvgIpc) is 3.48. The molecule has 152 valence electrons. The van der Waals surface area contributed by atoms with Crippen LogP contribution >= 0.6 is 11.3 Å². The first-order valence-electron chi connectivity index (χ1n) is 9.85. The Balaban J connectivity index is 1.61. The van der Waals surface area contributed by atoms with E-state index in [2.05, 4.69) is 10.4 Å². The van der Waals surface area contributed by atoms with Gasteiger partial charge >= 0.3 is 0 Å². The van der Waals surface area contributed by atoms with Crippen LogP contribution in [0.4, 0.5) is 0 Å². The first-order chi connectivity index (χ1) is 14.1. The van der Waals surface area contributed by atoms with Gasteiger partial charge in [-0.25, -0.2) is 0 Å². The summed E-state index contributed by atoms with van der Waals surface area (Å²) in [4.78, 5) is 28.1. The maximum Gasteiger partial charge on any atom is 0.274 e. The maximum atomic E-state index is 12.9. The van der Waals surface area contributed by atoms with Gasteiger partial charge < -0.3 is 15.3 Å². The molecule has 7 nitrogen and oxygen atoms in total. The van der Waals surface area contributed by atoms with Gasteiger partial charge in [0.1, 0.15) is 5.69 Å². The predicted molar refractivity (Wildman–Crippen MR) is 112 cm³/mol. The van der Waals surface area contributed by atoms with Gasteiger partial charge in [-0.3, -0.25) is 14.3 Å². The normalized spacial score (nSPS) is 16.5. The summed E-state index contributed by atoms with van der Waals surface area (Å²) < 4.78 is 2.81. The van der Waals surface area contributed by atoms with E-state index in [1.807, 2.05) is 42.3 Å². The van der Waals surface area contributed by atoms with Gasteiger partial charge in [-0.1, -0.05) is 18.2 Å². The molecule has 2 aromatic heterocycles. The van der Waals surface area contributed by atoms with Crippen LogP contribution in [-0.4, -0.2) is 57.8 Å². The summed E-state index contributed by atoms with van der Waals surface area (Å²) >= 11 is 1.47. The Morgan fingerprint density at radius 3 is 2.90 bits per heavy atom. The van der Waals surface area contributed by atoms with Crippen LogP contribution < -0.4 is 5.32 Å². The topological polar surface area (TPSA) is 87.5 Å². The van der Waals surface area contributed by atoms with Gasteiger partial charge in [0.25, 0.3) is 11.8 Å². The Labute approximate surface area is 172 Å². The minimum Gasteiger partial charge on any atom is -0.395 e. The molecular formula is C21H24N4O3S. The number of aliphatic hydroxyl groups excluding tert-OH is 1. The molecule has 0 spiro atoms. The van der Waals surface area contributed by atoms with Crippen molar-refractivity contribution in [2.45, 2.75) is 25.8 Å². The number of aromatic nitrogens is 2. The summed E-state index contributed by atoms with van der Waals surface area (Å²) in [5.41, 5.74) is 1.47. The molecule has 0 aliphatic carbocycles. The summed E-state index contributed by atoms with van der Waals surface area (Å²) in [5, 5.41) is 17.2. The number of thiophene rings is 1. The van der Waals surface area contributed by atoms with E-state index in [1.54, 1.807) is 10.7 Å². The van der Waals surface area contributed by atoms with E-state index in [-0.39, 0.29) is 30.9 Å². The Morgan fingerprint density at radius 2 is 2.14 bits per heavy atom. The van der Waals surface area contributed by atoms with Gasteiger partial charge in [-0.15, -0.1) is 11.3 Å². The Hall–Kier alpha value is -2.71. The van der Waals surface area contributed by atoms with Gasteiger partial charge in [0, 0.05) is 43.0 Å². The molecule has 3 heterocycles. The molecule has 4 rings (SSSR count). The zero-order chi connectivity index (χ0) is 20.4. The molecule has 3 aromatic rings. The number of rotatable bonds is 6. The summed E-state index contributed by atoms with van der Waals surface area (Å²) in [5.74, 6) is -0.134. The number of fused-ring (bicyclic) bond motifs is 1. The fraction of sp³-hybridized carbons (Fsp3) is 0.381. The smallest absolute Gasteiger partial charge is 0.274 e. The van der Waals surface area contributed by atoms with Gasteiger partial charge in [0.15, 0.2) is 0 Å². The number of aryl methyl sites for hydroxylation is 1. The van der Waals surface area contributed by atoms with Crippen molar-refractivity contribution in [3.63, 3.8) is 0 Å². The molecule has 0 unspecified atom stereocenters. The molecule has 0 radical (unpaired) electrons. The van der Waals surface area contributed by atoms with Crippen molar-refractivity contribution in [2.24, 2.45) is 0 Å². The lowest BCUT2D eigenvalue weighted by molar-refractivity contribution is 0.0784. The van der Waals surface area contributed by atoms with E-state index < -0.39 is 0 Å². The van der Waals surface area contributed by atoms with E-state index in [9.17, 15) is 9.59 Å². The third-order valence-electron chi connectivity index (χ3n) is 5.30. The molecule has 0 saturated carbocycles. The number of carbonyl (C=O) groups excluding carboxylic acids is 2. The molecule has 1 fully saturated rings. The van der Waals surface area contributed by atoms with Gasteiger partial charge in [0.2, 0.25) is 0 Å². The fourth-order valence-corrected chi connectivity index (χ4v) is 5.09. The number of nitrogens with zero attached hydrogens (tertiary/aromatic N) is 3. The lowest BCUT2D eigenvalue weighted by Crippen LogP contribution is -2.29. The number of carbonyl (C=O) groups is 2. The van der Waals surface area contributed by atoms with Crippen LogP contribution in [0.1, 0.15) is 45.0 Å². The average molecular weight is 413 g/mol. The number of aliphatic hydroxyl groups is 1. The van der Waals surface area contributed by atoms with Crippen LogP contribution in [0.25, 0.3) is 10.1 Å². The number of likely N-dealkylation sites (tertiary alicyclic amines) is 1. The van der Waals surface area contributed by atoms with Crippen LogP contribution in [0, 0.1) is 0 Å². The van der Waals surface area contributed by atoms with Crippen molar-refractivity contribution >= 4 is 33.2 Å². The molecule has 0 bridgehead atoms. The number of hydrogen-bond donors (Lipinski definition) is 2. The second-order valence-corrected chi connectivity index (χ2v) is 8.17. The Morgan fingerprint density at radius 1 is 1.31 bits per heavy atom. The Kier molecular flexibility index (Phi) is 5.64. The van der Waals surface area contributed by atoms with Crippen molar-refractivity contribution in [1.82, 2.24) is 20.0 Å². The molecule has 2 N–H and O–H groups in total. The summed E-state index contributed by atoms with van der Waals surface area (Å²) in [6, 6.07) is 9.75. The first-order valence-corrected chi connectivity index (χ1v) is 10.7. The van der Waals surface area contributed by atoms with Crippen molar-refractivity contribution in [3.05, 3.63) is 52.7 Å². The molecule has 1 aliphatic heterocycles. The molecule has 2 amide bonds. The third-order valence-corrected chi connectivity index (χ3v) is 6.49. The number of hydrogen-bond acceptors (Lipinski definition) is 5. The van der Waals surface area contributed by atoms with Crippen molar-refractivity contribution in [1.29, 1.82) is 0 Å². The molecule has 1 saturated heterocycles. The molecule has 1 aliphatic rings. The second-order valence-electron chi connectivity index (χ2n) is 7.11. The standard InChI is InChI=1S/C21H24N4O3S/c1-2-25-11-8-16(23-25)21(28)24-10-7-14(13-24)18-15-5-3-4-6-17(15)29-19(18)20(27)22-9-12-26/h3-6,8,11,14,26H,2,7,9-10,12-13H2,1H3,(H,22,27)/t14-/m1/s1. The summed E-state index contributed by atoms with van der Waals surface area (Å²) in [6.07, 6.45) is 2.62.